The molecule has 0 spiro atoms. The lowest BCUT2D eigenvalue weighted by Gasteiger charge is -2.27. The van der Waals surface area contributed by atoms with Crippen molar-refractivity contribution in [3.63, 3.8) is 0 Å². The molecule has 0 aliphatic carbocycles. The van der Waals surface area contributed by atoms with Crippen LogP contribution < -0.4 is 32.6 Å². The number of aliphatic carboxylic acids is 2. The molecule has 13 nitrogen and oxygen atoms in total. The summed E-state index contributed by atoms with van der Waals surface area (Å²) in [7, 11) is 0. The van der Waals surface area contributed by atoms with Gasteiger partial charge in [-0.15, -0.1) is 0 Å². The van der Waals surface area contributed by atoms with Crippen molar-refractivity contribution >= 4 is 41.0 Å². The van der Waals surface area contributed by atoms with Crippen molar-refractivity contribution in [2.24, 2.45) is 0 Å². The number of carbonyl (C=O) groups is 3. The highest BCUT2D eigenvalue weighted by Gasteiger charge is 2.23. The fourth-order valence-corrected chi connectivity index (χ4v) is 3.10. The van der Waals surface area contributed by atoms with Crippen molar-refractivity contribution in [2.75, 3.05) is 34.8 Å². The average molecular weight is 445 g/mol. The van der Waals surface area contributed by atoms with Crippen molar-refractivity contribution in [2.45, 2.75) is 24.9 Å². The van der Waals surface area contributed by atoms with Crippen molar-refractivity contribution < 1.29 is 24.6 Å². The van der Waals surface area contributed by atoms with Crippen LogP contribution in [0.4, 0.5) is 23.1 Å². The van der Waals surface area contributed by atoms with Gasteiger partial charge in [0.1, 0.15) is 11.7 Å². The summed E-state index contributed by atoms with van der Waals surface area (Å²) in [4.78, 5) is 52.6. The van der Waals surface area contributed by atoms with Crippen LogP contribution >= 0.6 is 0 Å². The number of rotatable bonds is 9. The smallest absolute Gasteiger partial charge is 0.326 e. The molecule has 0 fully saturated rings. The van der Waals surface area contributed by atoms with Gasteiger partial charge in [-0.05, 0) is 30.7 Å². The molecule has 1 aliphatic heterocycles. The number of nitrogens with two attached hydrogens (primary N) is 1. The second-order valence-corrected chi connectivity index (χ2v) is 7.15. The van der Waals surface area contributed by atoms with Crippen LogP contribution in [-0.2, 0) is 9.59 Å². The minimum Gasteiger partial charge on any atom is -0.481 e. The molecule has 32 heavy (non-hydrogen) atoms. The second kappa shape index (κ2) is 9.68. The molecule has 13 heteroatoms. The summed E-state index contributed by atoms with van der Waals surface area (Å²) in [5, 5.41) is 29.5. The molecule has 0 radical (unpaired) electrons. The molecule has 2 aromatic rings. The van der Waals surface area contributed by atoms with Crippen LogP contribution in [0.5, 0.6) is 0 Å². The molecule has 2 atom stereocenters. The third-order valence-corrected chi connectivity index (χ3v) is 4.75. The standard InChI is InChI=1S/C19H23N7O6/c20-19-25-15-14(17(30)26-19)23-11(8-22-15)7-21-10-3-1-9(2-4-10)16(29)24-12(18(31)32)5-6-13(27)28/h1-4,11-12,21,23H,5-8H2,(H,24,29)(H,27,28)(H,31,32)(H4,20,22,25,26,30)/t11-,12?/m1/s1. The van der Waals surface area contributed by atoms with E-state index in [-0.39, 0.29) is 36.0 Å². The molecule has 2 heterocycles. The lowest BCUT2D eigenvalue weighted by atomic mass is 10.1. The summed E-state index contributed by atoms with van der Waals surface area (Å²) in [6.07, 6.45) is -0.587. The largest absolute Gasteiger partial charge is 0.481 e. The second-order valence-electron chi connectivity index (χ2n) is 7.15. The summed E-state index contributed by atoms with van der Waals surface area (Å²) in [5.41, 5.74) is 6.40. The van der Waals surface area contributed by atoms with Gasteiger partial charge < -0.3 is 37.2 Å². The van der Waals surface area contributed by atoms with E-state index in [0.29, 0.717) is 30.3 Å². The quantitative estimate of drug-likeness (QED) is 0.251. The third-order valence-electron chi connectivity index (χ3n) is 4.75. The number of hydrogen-bond acceptors (Lipinski definition) is 9. The van der Waals surface area contributed by atoms with E-state index in [1.165, 1.54) is 12.1 Å². The fourth-order valence-electron chi connectivity index (χ4n) is 3.10. The van der Waals surface area contributed by atoms with Crippen LogP contribution in [0.3, 0.4) is 0 Å². The summed E-state index contributed by atoms with van der Waals surface area (Å²) in [6.45, 7) is 0.960. The monoisotopic (exact) mass is 445 g/mol. The third kappa shape index (κ3) is 5.65. The van der Waals surface area contributed by atoms with Crippen LogP contribution in [0.2, 0.25) is 0 Å². The van der Waals surface area contributed by atoms with E-state index in [1.807, 2.05) is 0 Å². The van der Waals surface area contributed by atoms with Crippen LogP contribution in [0.1, 0.15) is 23.2 Å². The maximum Gasteiger partial charge on any atom is 0.326 e. The molecule has 9 N–H and O–H groups in total. The molecular weight excluding hydrogens is 422 g/mol. The number of nitrogens with one attached hydrogen (secondary N) is 5. The van der Waals surface area contributed by atoms with E-state index in [1.54, 1.807) is 12.1 Å². The Morgan fingerprint density at radius 1 is 1.22 bits per heavy atom. The summed E-state index contributed by atoms with van der Waals surface area (Å²) in [6, 6.07) is 4.93. The highest BCUT2D eigenvalue weighted by molar-refractivity contribution is 5.96. The number of nitrogen functional groups attached to an aromatic ring is 1. The molecule has 3 rings (SSSR count). The number of aromatic amines is 1. The van der Waals surface area contributed by atoms with Crippen LogP contribution in [0.15, 0.2) is 29.1 Å². The molecule has 1 unspecified atom stereocenters. The van der Waals surface area contributed by atoms with Gasteiger partial charge in [0.15, 0.2) is 5.82 Å². The molecule has 0 saturated heterocycles. The minimum absolute atomic E-state index is 0.0281. The number of carboxylic acid groups (broad SMARTS) is 2. The number of anilines is 4. The number of carboxylic acids is 2. The van der Waals surface area contributed by atoms with Gasteiger partial charge in [0.2, 0.25) is 5.95 Å². The van der Waals surface area contributed by atoms with E-state index < -0.39 is 23.9 Å². The Kier molecular flexibility index (Phi) is 6.77. The molecule has 1 aromatic carbocycles. The normalized spacial score (nSPS) is 15.4. The number of hydrogen-bond donors (Lipinski definition) is 8. The zero-order valence-corrected chi connectivity index (χ0v) is 16.8. The van der Waals surface area contributed by atoms with Crippen LogP contribution in [-0.4, -0.2) is 63.2 Å². The minimum atomic E-state index is -1.30. The fraction of sp³-hybridized carbons (Fsp3) is 0.316. The number of aromatic nitrogens is 2. The molecule has 0 saturated carbocycles. The van der Waals surface area contributed by atoms with Gasteiger partial charge in [-0.2, -0.15) is 4.98 Å². The van der Waals surface area contributed by atoms with Crippen molar-refractivity contribution in [1.82, 2.24) is 15.3 Å². The topological polar surface area (TPSA) is 212 Å². The van der Waals surface area contributed by atoms with Gasteiger partial charge >= 0.3 is 11.9 Å². The number of amides is 1. The first-order valence-electron chi connectivity index (χ1n) is 9.72. The predicted molar refractivity (Wildman–Crippen MR) is 116 cm³/mol. The van der Waals surface area contributed by atoms with Crippen LogP contribution in [0.25, 0.3) is 0 Å². The Morgan fingerprint density at radius 3 is 2.59 bits per heavy atom. The lowest BCUT2D eigenvalue weighted by molar-refractivity contribution is -0.140. The summed E-state index contributed by atoms with van der Waals surface area (Å²) in [5.74, 6) is -2.64. The predicted octanol–water partition coefficient (Wildman–Crippen LogP) is -0.282. The van der Waals surface area contributed by atoms with E-state index in [4.69, 9.17) is 15.9 Å². The van der Waals surface area contributed by atoms with Crippen LogP contribution in [0, 0.1) is 0 Å². The SMILES string of the molecule is Nc1nc2c(c(=O)[nH]1)N[C@H](CNc1ccc(C(=O)NC(CCC(=O)O)C(=O)O)cc1)CN2. The molecule has 1 aromatic heterocycles. The zero-order valence-electron chi connectivity index (χ0n) is 16.8. The highest BCUT2D eigenvalue weighted by Crippen LogP contribution is 2.20. The first kappa shape index (κ1) is 22.4. The molecule has 0 bridgehead atoms. The van der Waals surface area contributed by atoms with Gasteiger partial charge in [-0.3, -0.25) is 19.4 Å². The number of H-pyrrole nitrogens is 1. The Morgan fingerprint density at radius 2 is 1.94 bits per heavy atom. The van der Waals surface area contributed by atoms with Gasteiger partial charge in [0.25, 0.3) is 11.5 Å². The van der Waals surface area contributed by atoms with Gasteiger partial charge in [-0.25, -0.2) is 4.79 Å². The van der Waals surface area contributed by atoms with Crippen molar-refractivity contribution in [3.05, 3.63) is 40.2 Å². The number of fused-ring (bicyclic) bond motifs is 1. The Labute approximate surface area is 181 Å². The first-order valence-corrected chi connectivity index (χ1v) is 9.72. The van der Waals surface area contributed by atoms with Crippen molar-refractivity contribution in [3.8, 4) is 0 Å². The zero-order chi connectivity index (χ0) is 23.3. The van der Waals surface area contributed by atoms with Gasteiger partial charge in [0.05, 0.1) is 6.04 Å². The van der Waals surface area contributed by atoms with E-state index in [0.717, 1.165) is 0 Å². The summed E-state index contributed by atoms with van der Waals surface area (Å²) < 4.78 is 0. The van der Waals surface area contributed by atoms with E-state index in [9.17, 15) is 19.2 Å². The van der Waals surface area contributed by atoms with E-state index in [2.05, 4.69) is 31.2 Å². The molecular formula is C19H23N7O6. The number of carbonyl (C=O) groups excluding carboxylic acids is 1. The summed E-state index contributed by atoms with van der Waals surface area (Å²) >= 11 is 0. The van der Waals surface area contributed by atoms with Gasteiger partial charge in [0, 0.05) is 30.8 Å². The Bertz CT molecular complexity index is 1070. The molecule has 1 amide bonds. The average Bonchev–Trinajstić information content (AvgIpc) is 2.75. The highest BCUT2D eigenvalue weighted by atomic mass is 16.4. The maximum atomic E-state index is 12.3. The Balaban J connectivity index is 1.54. The number of benzene rings is 1. The molecule has 1 aliphatic rings. The van der Waals surface area contributed by atoms with E-state index >= 15 is 0 Å². The van der Waals surface area contributed by atoms with Crippen molar-refractivity contribution in [1.29, 1.82) is 0 Å². The molecule has 170 valence electrons. The lowest BCUT2D eigenvalue weighted by Crippen LogP contribution is -2.41. The first-order chi connectivity index (χ1) is 15.2. The van der Waals surface area contributed by atoms with Gasteiger partial charge in [-0.1, -0.05) is 0 Å². The maximum absolute atomic E-state index is 12.3. The Hall–Kier alpha value is -4.29. The number of nitrogens with zero attached hydrogens (tertiary/aromatic N) is 1.